The topological polar surface area (TPSA) is 61.4 Å². The Morgan fingerprint density at radius 2 is 1.69 bits per heavy atom. The molecule has 4 rings (SSSR count). The largest absolute Gasteiger partial charge is 0.350 e. The molecule has 3 aromatic carbocycles. The highest BCUT2D eigenvalue weighted by molar-refractivity contribution is 5.97. The van der Waals surface area contributed by atoms with E-state index < -0.39 is 0 Å². The van der Waals surface area contributed by atoms with Crippen LogP contribution in [0.25, 0.3) is 11.1 Å². The zero-order valence-electron chi connectivity index (χ0n) is 18.4. The zero-order chi connectivity index (χ0) is 22.3. The van der Waals surface area contributed by atoms with Gasteiger partial charge in [0.15, 0.2) is 0 Å². The third-order valence-electron chi connectivity index (χ3n) is 5.81. The second-order valence-corrected chi connectivity index (χ2v) is 8.40. The van der Waals surface area contributed by atoms with Gasteiger partial charge in [0.05, 0.1) is 6.54 Å². The molecule has 1 fully saturated rings. The molecular weight excluding hydrogens is 398 g/mol. The molecule has 1 aliphatic heterocycles. The van der Waals surface area contributed by atoms with Crippen molar-refractivity contribution in [2.75, 3.05) is 19.6 Å². The number of carbonyl (C=O) groups is 2. The van der Waals surface area contributed by atoms with E-state index in [4.69, 9.17) is 0 Å². The predicted molar refractivity (Wildman–Crippen MR) is 127 cm³/mol. The van der Waals surface area contributed by atoms with Crippen molar-refractivity contribution in [3.05, 3.63) is 95.6 Å². The van der Waals surface area contributed by atoms with E-state index >= 15 is 0 Å². The molecule has 0 aliphatic carbocycles. The van der Waals surface area contributed by atoms with E-state index in [1.54, 1.807) is 6.07 Å². The molecule has 0 aromatic heterocycles. The lowest BCUT2D eigenvalue weighted by Crippen LogP contribution is -2.43. The first kappa shape index (κ1) is 21.8. The fourth-order valence-electron chi connectivity index (χ4n) is 4.06. The molecule has 5 heteroatoms. The standard InChI is InChI=1S/C27H29N3O2/c1-20-10-12-21(13-11-20)18-30-15-14-25(19-30)29-26(31)17-28-27(32)24-9-5-8-23(16-24)22-6-3-2-4-7-22/h2-13,16,25H,14-15,17-19H2,1H3,(H,28,32)(H,29,31)/t25-/m1/s1. The number of nitrogens with zero attached hydrogens (tertiary/aromatic N) is 1. The molecule has 3 aromatic rings. The highest BCUT2D eigenvalue weighted by Gasteiger charge is 2.24. The fourth-order valence-corrected chi connectivity index (χ4v) is 4.06. The minimum Gasteiger partial charge on any atom is -0.350 e. The van der Waals surface area contributed by atoms with E-state index in [9.17, 15) is 9.59 Å². The lowest BCUT2D eigenvalue weighted by molar-refractivity contribution is -0.120. The van der Waals surface area contributed by atoms with E-state index in [0.29, 0.717) is 5.56 Å². The summed E-state index contributed by atoms with van der Waals surface area (Å²) in [5.41, 5.74) is 5.12. The van der Waals surface area contributed by atoms with E-state index in [1.807, 2.05) is 48.5 Å². The van der Waals surface area contributed by atoms with Gasteiger partial charge in [-0.25, -0.2) is 0 Å². The molecule has 0 spiro atoms. The first-order chi connectivity index (χ1) is 15.6. The van der Waals surface area contributed by atoms with Crippen LogP contribution in [0.3, 0.4) is 0 Å². The van der Waals surface area contributed by atoms with Crippen LogP contribution in [0, 0.1) is 6.92 Å². The van der Waals surface area contributed by atoms with Crippen LogP contribution in [-0.4, -0.2) is 42.4 Å². The van der Waals surface area contributed by atoms with Crippen LogP contribution in [0.4, 0.5) is 0 Å². The number of rotatable bonds is 7. The Morgan fingerprint density at radius 3 is 2.47 bits per heavy atom. The first-order valence-electron chi connectivity index (χ1n) is 11.1. The Hall–Kier alpha value is -3.44. The molecule has 1 heterocycles. The van der Waals surface area contributed by atoms with Crippen LogP contribution in [0.1, 0.15) is 27.9 Å². The van der Waals surface area contributed by atoms with Gasteiger partial charge in [0, 0.05) is 31.2 Å². The number of carbonyl (C=O) groups excluding carboxylic acids is 2. The molecule has 0 saturated carbocycles. The highest BCUT2D eigenvalue weighted by atomic mass is 16.2. The van der Waals surface area contributed by atoms with E-state index in [0.717, 1.165) is 37.2 Å². The summed E-state index contributed by atoms with van der Waals surface area (Å²) in [6.45, 7) is 4.73. The van der Waals surface area contributed by atoms with Gasteiger partial charge in [0.2, 0.25) is 5.91 Å². The van der Waals surface area contributed by atoms with E-state index in [1.165, 1.54) is 11.1 Å². The van der Waals surface area contributed by atoms with Gasteiger partial charge in [0.25, 0.3) is 5.91 Å². The van der Waals surface area contributed by atoms with Gasteiger partial charge in [0.1, 0.15) is 0 Å². The molecule has 32 heavy (non-hydrogen) atoms. The summed E-state index contributed by atoms with van der Waals surface area (Å²) in [5, 5.41) is 5.80. The van der Waals surface area contributed by atoms with Gasteiger partial charge in [-0.1, -0.05) is 72.3 Å². The number of aryl methyl sites for hydroxylation is 1. The Balaban J connectivity index is 1.24. The second-order valence-electron chi connectivity index (χ2n) is 8.40. The summed E-state index contributed by atoms with van der Waals surface area (Å²) in [6, 6.07) is 26.1. The van der Waals surface area contributed by atoms with Gasteiger partial charge in [-0.2, -0.15) is 0 Å². The van der Waals surface area contributed by atoms with Crippen LogP contribution in [0.15, 0.2) is 78.9 Å². The number of amides is 2. The van der Waals surface area contributed by atoms with Crippen molar-refractivity contribution in [3.63, 3.8) is 0 Å². The highest BCUT2D eigenvalue weighted by Crippen LogP contribution is 2.20. The van der Waals surface area contributed by atoms with Crippen LogP contribution in [0.5, 0.6) is 0 Å². The minimum absolute atomic E-state index is 0.0249. The molecular formula is C27H29N3O2. The molecule has 1 aliphatic rings. The summed E-state index contributed by atoms with van der Waals surface area (Å²) in [7, 11) is 0. The quantitative estimate of drug-likeness (QED) is 0.603. The SMILES string of the molecule is Cc1ccc(CN2CC[C@@H](NC(=O)CNC(=O)c3cccc(-c4ccccc4)c3)C2)cc1. The summed E-state index contributed by atoms with van der Waals surface area (Å²) in [5.74, 6) is -0.398. The van der Waals surface area contributed by atoms with Crippen LogP contribution in [-0.2, 0) is 11.3 Å². The molecule has 2 N–H and O–H groups in total. The lowest BCUT2D eigenvalue weighted by Gasteiger charge is -2.17. The number of nitrogens with one attached hydrogen (secondary N) is 2. The van der Waals surface area contributed by atoms with Crippen molar-refractivity contribution in [3.8, 4) is 11.1 Å². The van der Waals surface area contributed by atoms with Crippen molar-refractivity contribution in [2.45, 2.75) is 25.9 Å². The molecule has 0 unspecified atom stereocenters. The molecule has 2 amide bonds. The third-order valence-corrected chi connectivity index (χ3v) is 5.81. The van der Waals surface area contributed by atoms with Crippen molar-refractivity contribution in [1.82, 2.24) is 15.5 Å². The Labute approximate surface area is 189 Å². The predicted octanol–water partition coefficient (Wildman–Crippen LogP) is 3.78. The lowest BCUT2D eigenvalue weighted by atomic mass is 10.0. The maximum absolute atomic E-state index is 12.5. The maximum atomic E-state index is 12.5. The van der Waals surface area contributed by atoms with Gasteiger partial charge >= 0.3 is 0 Å². The zero-order valence-corrected chi connectivity index (χ0v) is 18.4. The Morgan fingerprint density at radius 1 is 0.938 bits per heavy atom. The Kier molecular flexibility index (Phi) is 6.97. The molecule has 164 valence electrons. The van der Waals surface area contributed by atoms with Crippen molar-refractivity contribution < 1.29 is 9.59 Å². The summed E-state index contributed by atoms with van der Waals surface area (Å²) in [4.78, 5) is 27.3. The summed E-state index contributed by atoms with van der Waals surface area (Å²) >= 11 is 0. The van der Waals surface area contributed by atoms with Crippen LogP contribution in [0.2, 0.25) is 0 Å². The number of hydrogen-bond acceptors (Lipinski definition) is 3. The maximum Gasteiger partial charge on any atom is 0.251 e. The number of hydrogen-bond donors (Lipinski definition) is 2. The van der Waals surface area contributed by atoms with Crippen molar-refractivity contribution >= 4 is 11.8 Å². The van der Waals surface area contributed by atoms with Gasteiger partial charge < -0.3 is 10.6 Å². The molecule has 0 bridgehead atoms. The molecule has 0 radical (unpaired) electrons. The molecule has 1 atom stereocenters. The third kappa shape index (κ3) is 5.83. The summed E-state index contributed by atoms with van der Waals surface area (Å²) in [6.07, 6.45) is 0.921. The Bertz CT molecular complexity index is 1060. The normalized spacial score (nSPS) is 16.0. The van der Waals surface area contributed by atoms with E-state index in [2.05, 4.69) is 46.7 Å². The smallest absolute Gasteiger partial charge is 0.251 e. The van der Waals surface area contributed by atoms with Gasteiger partial charge in [-0.15, -0.1) is 0 Å². The van der Waals surface area contributed by atoms with Gasteiger partial charge in [-0.3, -0.25) is 14.5 Å². The second kappa shape index (κ2) is 10.2. The molecule has 1 saturated heterocycles. The number of likely N-dealkylation sites (tertiary alicyclic amines) is 1. The van der Waals surface area contributed by atoms with E-state index in [-0.39, 0.29) is 24.4 Å². The van der Waals surface area contributed by atoms with Gasteiger partial charge in [-0.05, 0) is 42.2 Å². The molecule has 5 nitrogen and oxygen atoms in total. The monoisotopic (exact) mass is 427 g/mol. The van der Waals surface area contributed by atoms with Crippen molar-refractivity contribution in [2.24, 2.45) is 0 Å². The minimum atomic E-state index is -0.245. The van der Waals surface area contributed by atoms with Crippen molar-refractivity contribution in [1.29, 1.82) is 0 Å². The van der Waals surface area contributed by atoms with Crippen LogP contribution >= 0.6 is 0 Å². The average Bonchev–Trinajstić information content (AvgIpc) is 3.26. The number of benzene rings is 3. The first-order valence-corrected chi connectivity index (χ1v) is 11.1. The fraction of sp³-hybridized carbons (Fsp3) is 0.259. The van der Waals surface area contributed by atoms with Crippen LogP contribution < -0.4 is 10.6 Å². The summed E-state index contributed by atoms with van der Waals surface area (Å²) < 4.78 is 0. The average molecular weight is 428 g/mol.